The van der Waals surface area contributed by atoms with Gasteiger partial charge in [0.15, 0.2) is 0 Å². The molecule has 0 amide bonds. The van der Waals surface area contributed by atoms with Crippen molar-refractivity contribution in [2.24, 2.45) is 0 Å². The van der Waals surface area contributed by atoms with Gasteiger partial charge in [-0.2, -0.15) is 0 Å². The summed E-state index contributed by atoms with van der Waals surface area (Å²) in [4.78, 5) is 0. The number of anilines is 1. The molecule has 0 aliphatic heterocycles. The van der Waals surface area contributed by atoms with Gasteiger partial charge in [0.1, 0.15) is 11.6 Å². The average molecular weight is 324 g/mol. The lowest BCUT2D eigenvalue weighted by atomic mass is 10.1. The van der Waals surface area contributed by atoms with Crippen molar-refractivity contribution in [2.75, 3.05) is 5.32 Å². The molecule has 0 saturated heterocycles. The van der Waals surface area contributed by atoms with Gasteiger partial charge in [0.05, 0.1) is 6.04 Å². The molecule has 0 aromatic heterocycles. The van der Waals surface area contributed by atoms with E-state index in [9.17, 15) is 9.50 Å². The van der Waals surface area contributed by atoms with E-state index in [2.05, 4.69) is 21.2 Å². The van der Waals surface area contributed by atoms with E-state index in [1.54, 1.807) is 6.07 Å². The summed E-state index contributed by atoms with van der Waals surface area (Å²) in [6.45, 7) is 3.89. The Morgan fingerprint density at radius 1 is 1.21 bits per heavy atom. The first-order valence-corrected chi connectivity index (χ1v) is 6.78. The highest BCUT2D eigenvalue weighted by Gasteiger charge is 2.11. The normalized spacial score (nSPS) is 12.2. The molecule has 0 fully saturated rings. The average Bonchev–Trinajstić information content (AvgIpc) is 2.33. The number of rotatable bonds is 3. The molecule has 2 N–H and O–H groups in total. The van der Waals surface area contributed by atoms with E-state index in [0.29, 0.717) is 5.56 Å². The van der Waals surface area contributed by atoms with Crippen molar-refractivity contribution >= 4 is 21.6 Å². The summed E-state index contributed by atoms with van der Waals surface area (Å²) in [7, 11) is 0. The molecular formula is C15H15BrFNO. The summed E-state index contributed by atoms with van der Waals surface area (Å²) in [5, 5.41) is 12.4. The van der Waals surface area contributed by atoms with Crippen LogP contribution in [0.4, 0.5) is 10.1 Å². The van der Waals surface area contributed by atoms with Crippen LogP contribution in [0.5, 0.6) is 5.75 Å². The maximum Gasteiger partial charge on any atom is 0.132 e. The Morgan fingerprint density at radius 3 is 2.58 bits per heavy atom. The van der Waals surface area contributed by atoms with Crippen molar-refractivity contribution in [2.45, 2.75) is 19.9 Å². The second-order valence-corrected chi connectivity index (χ2v) is 5.39. The van der Waals surface area contributed by atoms with Crippen molar-refractivity contribution in [1.82, 2.24) is 0 Å². The molecule has 0 bridgehead atoms. The first kappa shape index (κ1) is 13.9. The van der Waals surface area contributed by atoms with Crippen molar-refractivity contribution in [3.8, 4) is 5.75 Å². The summed E-state index contributed by atoms with van der Waals surface area (Å²) in [5.74, 6) is -0.474. The predicted octanol–water partition coefficient (Wildman–Crippen LogP) is 4.78. The van der Waals surface area contributed by atoms with Crippen LogP contribution in [-0.4, -0.2) is 5.11 Å². The van der Waals surface area contributed by atoms with Gasteiger partial charge >= 0.3 is 0 Å². The minimum atomic E-state index is -0.411. The van der Waals surface area contributed by atoms with Gasteiger partial charge in [-0.15, -0.1) is 0 Å². The molecule has 0 saturated carbocycles. The van der Waals surface area contributed by atoms with Crippen molar-refractivity contribution in [3.63, 3.8) is 0 Å². The summed E-state index contributed by atoms with van der Waals surface area (Å²) in [5.41, 5.74) is 2.58. The van der Waals surface area contributed by atoms with Crippen LogP contribution in [0.15, 0.2) is 40.9 Å². The van der Waals surface area contributed by atoms with Crippen LogP contribution >= 0.6 is 15.9 Å². The fraction of sp³-hybridized carbons (Fsp3) is 0.200. The molecule has 1 unspecified atom stereocenters. The van der Waals surface area contributed by atoms with Crippen LogP contribution in [0.2, 0.25) is 0 Å². The monoisotopic (exact) mass is 323 g/mol. The molecule has 100 valence electrons. The van der Waals surface area contributed by atoms with Crippen LogP contribution in [0, 0.1) is 12.7 Å². The van der Waals surface area contributed by atoms with Crippen molar-refractivity contribution in [3.05, 3.63) is 57.8 Å². The number of aromatic hydroxyl groups is 1. The third kappa shape index (κ3) is 3.26. The fourth-order valence-electron chi connectivity index (χ4n) is 1.88. The predicted molar refractivity (Wildman–Crippen MR) is 79.0 cm³/mol. The number of benzene rings is 2. The van der Waals surface area contributed by atoms with Gasteiger partial charge in [-0.05, 0) is 37.6 Å². The highest BCUT2D eigenvalue weighted by atomic mass is 79.9. The SMILES string of the molecule is Cc1ccc(NC(C)c2ccc(O)cc2F)cc1Br. The Kier molecular flexibility index (Phi) is 4.10. The van der Waals surface area contributed by atoms with Gasteiger partial charge in [-0.25, -0.2) is 4.39 Å². The molecule has 0 aliphatic rings. The molecule has 2 aromatic rings. The Morgan fingerprint density at radius 2 is 1.95 bits per heavy atom. The van der Waals surface area contributed by atoms with Crippen molar-refractivity contribution in [1.29, 1.82) is 0 Å². The molecule has 0 aliphatic carbocycles. The molecule has 1 atom stereocenters. The fourth-order valence-corrected chi connectivity index (χ4v) is 2.26. The van der Waals surface area contributed by atoms with Gasteiger partial charge < -0.3 is 10.4 Å². The van der Waals surface area contributed by atoms with E-state index >= 15 is 0 Å². The van der Waals surface area contributed by atoms with Crippen LogP contribution in [-0.2, 0) is 0 Å². The quantitative estimate of drug-likeness (QED) is 0.852. The van der Waals surface area contributed by atoms with E-state index in [4.69, 9.17) is 0 Å². The summed E-state index contributed by atoms with van der Waals surface area (Å²) >= 11 is 3.47. The largest absolute Gasteiger partial charge is 0.508 e. The minimum absolute atomic E-state index is 0.0634. The zero-order valence-corrected chi connectivity index (χ0v) is 12.3. The standard InChI is InChI=1S/C15H15BrFNO/c1-9-3-4-11(7-14(9)16)18-10(2)13-6-5-12(19)8-15(13)17/h3-8,10,18-19H,1-2H3. The van der Waals surface area contributed by atoms with Gasteiger partial charge in [-0.1, -0.05) is 28.1 Å². The number of halogens is 2. The lowest BCUT2D eigenvalue weighted by Crippen LogP contribution is -2.08. The number of nitrogens with one attached hydrogen (secondary N) is 1. The first-order valence-electron chi connectivity index (χ1n) is 5.98. The van der Waals surface area contributed by atoms with Crippen LogP contribution in [0.1, 0.15) is 24.1 Å². The zero-order chi connectivity index (χ0) is 14.0. The highest BCUT2D eigenvalue weighted by molar-refractivity contribution is 9.10. The molecule has 0 radical (unpaired) electrons. The molecule has 0 heterocycles. The van der Waals surface area contributed by atoms with Gasteiger partial charge in [0.25, 0.3) is 0 Å². The van der Waals surface area contributed by atoms with Crippen LogP contribution in [0.25, 0.3) is 0 Å². The molecule has 0 spiro atoms. The molecular weight excluding hydrogens is 309 g/mol. The minimum Gasteiger partial charge on any atom is -0.508 e. The molecule has 2 aromatic carbocycles. The maximum atomic E-state index is 13.7. The molecule has 4 heteroatoms. The van der Waals surface area contributed by atoms with Crippen LogP contribution in [0.3, 0.4) is 0 Å². The summed E-state index contributed by atoms with van der Waals surface area (Å²) in [6, 6.07) is 9.92. The third-order valence-electron chi connectivity index (χ3n) is 3.01. The molecule has 2 rings (SSSR count). The Hall–Kier alpha value is -1.55. The Labute approximate surface area is 120 Å². The smallest absolute Gasteiger partial charge is 0.132 e. The topological polar surface area (TPSA) is 32.3 Å². The highest BCUT2D eigenvalue weighted by Crippen LogP contribution is 2.26. The van der Waals surface area contributed by atoms with Gasteiger partial charge in [0.2, 0.25) is 0 Å². The van der Waals surface area contributed by atoms with Crippen molar-refractivity contribution < 1.29 is 9.50 Å². The number of hydrogen-bond acceptors (Lipinski definition) is 2. The summed E-state index contributed by atoms with van der Waals surface area (Å²) in [6.07, 6.45) is 0. The van der Waals surface area contributed by atoms with Crippen LogP contribution < -0.4 is 5.32 Å². The number of aryl methyl sites for hydroxylation is 1. The van der Waals surface area contributed by atoms with E-state index in [0.717, 1.165) is 21.8 Å². The number of hydrogen-bond donors (Lipinski definition) is 2. The third-order valence-corrected chi connectivity index (χ3v) is 3.86. The van der Waals surface area contributed by atoms with E-state index < -0.39 is 5.82 Å². The second kappa shape index (κ2) is 5.61. The Bertz CT molecular complexity index is 601. The van der Waals surface area contributed by atoms with E-state index in [-0.39, 0.29) is 11.8 Å². The van der Waals surface area contributed by atoms with Gasteiger partial charge in [0, 0.05) is 21.8 Å². The summed E-state index contributed by atoms with van der Waals surface area (Å²) < 4.78 is 14.7. The zero-order valence-electron chi connectivity index (χ0n) is 10.7. The number of phenols is 1. The molecule has 19 heavy (non-hydrogen) atoms. The lowest BCUT2D eigenvalue weighted by molar-refractivity contribution is 0.467. The molecule has 2 nitrogen and oxygen atoms in total. The second-order valence-electron chi connectivity index (χ2n) is 4.54. The van der Waals surface area contributed by atoms with Gasteiger partial charge in [-0.3, -0.25) is 0 Å². The maximum absolute atomic E-state index is 13.7. The van der Waals surface area contributed by atoms with E-state index in [1.807, 2.05) is 32.0 Å². The Balaban J connectivity index is 2.20. The van der Waals surface area contributed by atoms with E-state index in [1.165, 1.54) is 6.07 Å². The number of phenolic OH excluding ortho intramolecular Hbond substituents is 1. The first-order chi connectivity index (χ1) is 8.97. The lowest BCUT2D eigenvalue weighted by Gasteiger charge is -2.17.